The quantitative estimate of drug-likeness (QED) is 0.384. The van der Waals surface area contributed by atoms with E-state index in [9.17, 15) is 14.4 Å². The lowest BCUT2D eigenvalue weighted by atomic mass is 10.1. The molecule has 1 aromatic heterocycles. The fourth-order valence-electron chi connectivity index (χ4n) is 4.83. The minimum absolute atomic E-state index is 0.169. The summed E-state index contributed by atoms with van der Waals surface area (Å²) in [6.45, 7) is 5.65. The Kier molecular flexibility index (Phi) is 10.6. The SMILES string of the molecule is COCCN(CCOC)C(=O)CNC(=O)N1Cc2ccccc2N(C(=O)c2ccc(-n3ccc(C)n3)cc2Cl)C[C@H]1C. The van der Waals surface area contributed by atoms with Crippen LogP contribution in [0.4, 0.5) is 10.5 Å². The molecule has 0 saturated carbocycles. The third-order valence-corrected chi connectivity index (χ3v) is 7.46. The summed E-state index contributed by atoms with van der Waals surface area (Å²) in [5.41, 5.74) is 3.47. The molecule has 0 saturated heterocycles. The van der Waals surface area contributed by atoms with E-state index in [1.54, 1.807) is 51.8 Å². The molecule has 0 bridgehead atoms. The van der Waals surface area contributed by atoms with Gasteiger partial charge in [-0.25, -0.2) is 9.48 Å². The summed E-state index contributed by atoms with van der Waals surface area (Å²) in [6.07, 6.45) is 1.83. The first-order chi connectivity index (χ1) is 20.2. The summed E-state index contributed by atoms with van der Waals surface area (Å²) in [5.74, 6) is -0.507. The lowest BCUT2D eigenvalue weighted by Crippen LogP contribution is -2.50. The molecule has 0 radical (unpaired) electrons. The number of nitrogens with one attached hydrogen (secondary N) is 1. The standard InChI is InChI=1S/C30H37ClN6O5/c1-21-11-12-37(33-21)24-9-10-25(26(31)17-24)29(39)36-19-22(2)35(20-23-7-5-6-8-27(23)36)30(40)32-18-28(38)34(13-15-41-3)14-16-42-4/h5-12,17,22H,13-16,18-20H2,1-4H3,(H,32,40)/t22-/m1/s1. The smallest absolute Gasteiger partial charge is 0.318 e. The molecule has 0 unspecified atom stereocenters. The van der Waals surface area contributed by atoms with Gasteiger partial charge in [0.25, 0.3) is 5.91 Å². The van der Waals surface area contributed by atoms with Crippen molar-refractivity contribution >= 4 is 35.1 Å². The Labute approximate surface area is 250 Å². The number of urea groups is 1. The topological polar surface area (TPSA) is 109 Å². The maximum Gasteiger partial charge on any atom is 0.318 e. The summed E-state index contributed by atoms with van der Waals surface area (Å²) in [4.78, 5) is 45.0. The molecule has 3 aromatic rings. The van der Waals surface area contributed by atoms with Crippen LogP contribution in [0.3, 0.4) is 0 Å². The second-order valence-electron chi connectivity index (χ2n) is 10.1. The highest BCUT2D eigenvalue weighted by molar-refractivity contribution is 6.34. The van der Waals surface area contributed by atoms with Gasteiger partial charge in [0.05, 0.1) is 41.7 Å². The predicted octanol–water partition coefficient (Wildman–Crippen LogP) is 3.52. The molecule has 42 heavy (non-hydrogen) atoms. The molecule has 12 heteroatoms. The van der Waals surface area contributed by atoms with Crippen molar-refractivity contribution in [3.8, 4) is 5.69 Å². The number of amides is 4. The van der Waals surface area contributed by atoms with Crippen molar-refractivity contribution in [3.63, 3.8) is 0 Å². The van der Waals surface area contributed by atoms with Crippen LogP contribution >= 0.6 is 11.6 Å². The maximum absolute atomic E-state index is 13.9. The molecule has 1 N–H and O–H groups in total. The van der Waals surface area contributed by atoms with E-state index in [0.29, 0.717) is 42.6 Å². The number of anilines is 1. The van der Waals surface area contributed by atoms with E-state index in [1.165, 1.54) is 0 Å². The van der Waals surface area contributed by atoms with Crippen LogP contribution in [0.2, 0.25) is 5.02 Å². The average Bonchev–Trinajstić information content (AvgIpc) is 3.36. The molecular formula is C30H37ClN6O5. The second-order valence-corrected chi connectivity index (χ2v) is 10.5. The van der Waals surface area contributed by atoms with E-state index >= 15 is 0 Å². The number of rotatable bonds is 10. The van der Waals surface area contributed by atoms with Crippen LogP contribution in [0.15, 0.2) is 54.7 Å². The maximum atomic E-state index is 13.9. The number of nitrogens with zero attached hydrogens (tertiary/aromatic N) is 5. The molecular weight excluding hydrogens is 560 g/mol. The van der Waals surface area contributed by atoms with Gasteiger partial charge in [-0.1, -0.05) is 29.8 Å². The monoisotopic (exact) mass is 596 g/mol. The van der Waals surface area contributed by atoms with Crippen LogP contribution < -0.4 is 10.2 Å². The van der Waals surface area contributed by atoms with Gasteiger partial charge in [-0.2, -0.15) is 5.10 Å². The minimum atomic E-state index is -0.393. The zero-order valence-electron chi connectivity index (χ0n) is 24.4. The third kappa shape index (κ3) is 7.28. The number of methoxy groups -OCH3 is 2. The van der Waals surface area contributed by atoms with Gasteiger partial charge in [0.1, 0.15) is 0 Å². The first-order valence-electron chi connectivity index (χ1n) is 13.8. The van der Waals surface area contributed by atoms with Gasteiger partial charge in [-0.3, -0.25) is 9.59 Å². The largest absolute Gasteiger partial charge is 0.383 e. The Balaban J connectivity index is 1.50. The average molecular weight is 597 g/mol. The minimum Gasteiger partial charge on any atom is -0.383 e. The molecule has 1 atom stereocenters. The van der Waals surface area contributed by atoms with Crippen molar-refractivity contribution in [1.82, 2.24) is 24.9 Å². The summed E-state index contributed by atoms with van der Waals surface area (Å²) in [5, 5.41) is 7.48. The van der Waals surface area contributed by atoms with Crippen LogP contribution in [0.25, 0.3) is 5.69 Å². The predicted molar refractivity (Wildman–Crippen MR) is 160 cm³/mol. The normalized spacial score (nSPS) is 14.7. The van der Waals surface area contributed by atoms with Gasteiger partial charge in [0, 0.05) is 58.3 Å². The number of aromatic nitrogens is 2. The summed E-state index contributed by atoms with van der Waals surface area (Å²) < 4.78 is 11.9. The van der Waals surface area contributed by atoms with E-state index in [1.807, 2.05) is 50.4 Å². The van der Waals surface area contributed by atoms with E-state index in [0.717, 1.165) is 16.9 Å². The molecule has 1 aliphatic rings. The molecule has 4 amide bonds. The van der Waals surface area contributed by atoms with E-state index < -0.39 is 6.03 Å². The molecule has 0 fully saturated rings. The molecule has 2 aromatic carbocycles. The fourth-order valence-corrected chi connectivity index (χ4v) is 5.08. The highest BCUT2D eigenvalue weighted by Gasteiger charge is 2.32. The molecule has 0 aliphatic carbocycles. The number of carbonyl (C=O) groups is 3. The van der Waals surface area contributed by atoms with Crippen molar-refractivity contribution in [3.05, 3.63) is 76.6 Å². The van der Waals surface area contributed by atoms with Gasteiger partial charge in [-0.05, 0) is 49.7 Å². The van der Waals surface area contributed by atoms with Crippen LogP contribution in [0.1, 0.15) is 28.5 Å². The van der Waals surface area contributed by atoms with Crippen LogP contribution in [-0.2, 0) is 20.8 Å². The van der Waals surface area contributed by atoms with Crippen molar-refractivity contribution in [1.29, 1.82) is 0 Å². The number of aryl methyl sites for hydroxylation is 1. The molecule has 1 aliphatic heterocycles. The van der Waals surface area contributed by atoms with Gasteiger partial charge in [0.15, 0.2) is 0 Å². The second kappa shape index (κ2) is 14.3. The molecule has 2 heterocycles. The number of fused-ring (bicyclic) bond motifs is 1. The first kappa shape index (κ1) is 31.0. The summed E-state index contributed by atoms with van der Waals surface area (Å²) >= 11 is 6.63. The fraction of sp³-hybridized carbons (Fsp3) is 0.400. The number of para-hydroxylation sites is 1. The molecule has 224 valence electrons. The van der Waals surface area contributed by atoms with Gasteiger partial charge < -0.3 is 29.5 Å². The zero-order chi connectivity index (χ0) is 30.2. The van der Waals surface area contributed by atoms with Crippen molar-refractivity contribution in [2.75, 3.05) is 58.5 Å². The zero-order valence-corrected chi connectivity index (χ0v) is 25.1. The Hall–Kier alpha value is -3.93. The number of carbonyl (C=O) groups excluding carboxylic acids is 3. The van der Waals surface area contributed by atoms with Crippen molar-refractivity contribution in [2.45, 2.75) is 26.4 Å². The van der Waals surface area contributed by atoms with Crippen LogP contribution in [0.5, 0.6) is 0 Å². The number of ether oxygens (including phenoxy) is 2. The lowest BCUT2D eigenvalue weighted by molar-refractivity contribution is -0.131. The third-order valence-electron chi connectivity index (χ3n) is 7.15. The molecule has 4 rings (SSSR count). The van der Waals surface area contributed by atoms with E-state index in [2.05, 4.69) is 10.4 Å². The highest BCUT2D eigenvalue weighted by Crippen LogP contribution is 2.30. The Morgan fingerprint density at radius 1 is 1.07 bits per heavy atom. The molecule has 0 spiro atoms. The first-order valence-corrected chi connectivity index (χ1v) is 14.1. The van der Waals surface area contributed by atoms with Crippen molar-refractivity contribution in [2.24, 2.45) is 0 Å². The highest BCUT2D eigenvalue weighted by atomic mass is 35.5. The number of halogens is 1. The number of hydrogen-bond acceptors (Lipinski definition) is 6. The van der Waals surface area contributed by atoms with Crippen LogP contribution in [-0.4, -0.2) is 97.1 Å². The van der Waals surface area contributed by atoms with Gasteiger partial charge in [0.2, 0.25) is 5.91 Å². The van der Waals surface area contributed by atoms with Gasteiger partial charge in [-0.15, -0.1) is 0 Å². The van der Waals surface area contributed by atoms with E-state index in [-0.39, 0.29) is 37.5 Å². The number of hydrogen-bond donors (Lipinski definition) is 1. The Morgan fingerprint density at radius 2 is 1.79 bits per heavy atom. The molecule has 11 nitrogen and oxygen atoms in total. The number of benzene rings is 2. The summed E-state index contributed by atoms with van der Waals surface area (Å²) in [7, 11) is 3.14. The van der Waals surface area contributed by atoms with Gasteiger partial charge >= 0.3 is 6.03 Å². The summed E-state index contributed by atoms with van der Waals surface area (Å²) in [6, 6.07) is 13.8. The lowest BCUT2D eigenvalue weighted by Gasteiger charge is -2.30. The van der Waals surface area contributed by atoms with Crippen molar-refractivity contribution < 1.29 is 23.9 Å². The van der Waals surface area contributed by atoms with E-state index in [4.69, 9.17) is 21.1 Å². The Morgan fingerprint density at radius 3 is 2.43 bits per heavy atom. The van der Waals surface area contributed by atoms with Crippen LogP contribution in [0, 0.1) is 6.92 Å². The Bertz CT molecular complexity index is 1400.